The molecule has 3 unspecified atom stereocenters. The normalized spacial score (nSPS) is 23.7. The van der Waals surface area contributed by atoms with Gasteiger partial charge in [-0.15, -0.1) is 0 Å². The van der Waals surface area contributed by atoms with Crippen LogP contribution >= 0.6 is 0 Å². The van der Waals surface area contributed by atoms with Gasteiger partial charge in [-0.25, -0.2) is 4.79 Å². The maximum Gasteiger partial charge on any atom is 0.322 e. The van der Waals surface area contributed by atoms with Gasteiger partial charge in [0.2, 0.25) is 0 Å². The highest BCUT2D eigenvalue weighted by molar-refractivity contribution is 5.89. The van der Waals surface area contributed by atoms with Crippen LogP contribution in [0.15, 0.2) is 24.3 Å². The fraction of sp³-hybridized carbons (Fsp3) is 0.588. The van der Waals surface area contributed by atoms with Gasteiger partial charge in [0.25, 0.3) is 0 Å². The van der Waals surface area contributed by atoms with Gasteiger partial charge in [-0.1, -0.05) is 19.1 Å². The van der Waals surface area contributed by atoms with Crippen LogP contribution in [0.5, 0.6) is 0 Å². The summed E-state index contributed by atoms with van der Waals surface area (Å²) in [7, 11) is 1.94. The fourth-order valence-corrected chi connectivity index (χ4v) is 2.87. The monoisotopic (exact) mass is 289 g/mol. The number of carbonyl (C=O) groups excluding carboxylic acids is 1. The summed E-state index contributed by atoms with van der Waals surface area (Å²) in [5.41, 5.74) is 2.04. The molecular weight excluding hydrogens is 262 g/mol. The first-order chi connectivity index (χ1) is 10.0. The third kappa shape index (κ3) is 3.76. The number of likely N-dealkylation sites (tertiary alicyclic amines) is 1. The van der Waals surface area contributed by atoms with Crippen LogP contribution in [-0.4, -0.2) is 30.6 Å². The first-order valence-corrected chi connectivity index (χ1v) is 7.87. The van der Waals surface area contributed by atoms with Gasteiger partial charge in [0, 0.05) is 24.3 Å². The van der Waals surface area contributed by atoms with E-state index in [1.807, 2.05) is 30.1 Å². The number of anilines is 1. The Hall–Kier alpha value is -1.55. The predicted octanol–water partition coefficient (Wildman–Crippen LogP) is 3.62. The van der Waals surface area contributed by atoms with Crippen LogP contribution in [0.4, 0.5) is 10.5 Å². The first-order valence-electron chi connectivity index (χ1n) is 7.87. The summed E-state index contributed by atoms with van der Waals surface area (Å²) in [5, 5.41) is 6.26. The molecule has 0 saturated carbocycles. The van der Waals surface area contributed by atoms with E-state index < -0.39 is 0 Å². The van der Waals surface area contributed by atoms with Crippen molar-refractivity contribution in [1.29, 1.82) is 0 Å². The molecule has 1 aromatic carbocycles. The van der Waals surface area contributed by atoms with Crippen molar-refractivity contribution in [2.45, 2.75) is 45.7 Å². The Bertz CT molecular complexity index is 489. The van der Waals surface area contributed by atoms with Crippen molar-refractivity contribution in [3.63, 3.8) is 0 Å². The minimum atomic E-state index is 0.0170. The summed E-state index contributed by atoms with van der Waals surface area (Å²) in [6.45, 7) is 7.32. The second kappa shape index (κ2) is 6.94. The second-order valence-corrected chi connectivity index (χ2v) is 6.12. The van der Waals surface area contributed by atoms with Gasteiger partial charge in [0.05, 0.1) is 0 Å². The quantitative estimate of drug-likeness (QED) is 0.892. The van der Waals surface area contributed by atoms with E-state index in [1.165, 1.54) is 12.0 Å². The zero-order valence-corrected chi connectivity index (χ0v) is 13.5. The lowest BCUT2D eigenvalue weighted by molar-refractivity contribution is 0.139. The highest BCUT2D eigenvalue weighted by atomic mass is 16.2. The van der Waals surface area contributed by atoms with Gasteiger partial charge in [-0.3, -0.25) is 0 Å². The van der Waals surface area contributed by atoms with Crippen LogP contribution in [0.3, 0.4) is 0 Å². The molecule has 1 heterocycles. The molecule has 1 aromatic rings. The van der Waals surface area contributed by atoms with E-state index in [1.54, 1.807) is 0 Å². The van der Waals surface area contributed by atoms with E-state index in [-0.39, 0.29) is 12.1 Å². The van der Waals surface area contributed by atoms with E-state index in [9.17, 15) is 4.79 Å². The molecule has 2 rings (SSSR count). The summed E-state index contributed by atoms with van der Waals surface area (Å²) < 4.78 is 0. The maximum absolute atomic E-state index is 12.5. The van der Waals surface area contributed by atoms with Crippen LogP contribution in [0.1, 0.15) is 45.2 Å². The number of carbonyl (C=O) groups is 1. The maximum atomic E-state index is 12.5. The van der Waals surface area contributed by atoms with Crippen molar-refractivity contribution in [3.05, 3.63) is 29.8 Å². The minimum Gasteiger partial charge on any atom is -0.322 e. The van der Waals surface area contributed by atoms with Crippen LogP contribution in [0.2, 0.25) is 0 Å². The lowest BCUT2D eigenvalue weighted by atomic mass is 9.92. The molecule has 2 N–H and O–H groups in total. The molecule has 116 valence electrons. The summed E-state index contributed by atoms with van der Waals surface area (Å²) >= 11 is 0. The highest BCUT2D eigenvalue weighted by Gasteiger charge is 2.28. The van der Waals surface area contributed by atoms with E-state index >= 15 is 0 Å². The number of nitrogens with one attached hydrogen (secondary N) is 2. The van der Waals surface area contributed by atoms with Gasteiger partial charge in [0.1, 0.15) is 0 Å². The lowest BCUT2D eigenvalue weighted by Crippen LogP contribution is -2.47. The van der Waals surface area contributed by atoms with Crippen molar-refractivity contribution in [2.24, 2.45) is 5.92 Å². The average Bonchev–Trinajstić information content (AvgIpc) is 2.49. The number of benzene rings is 1. The van der Waals surface area contributed by atoms with Crippen molar-refractivity contribution < 1.29 is 4.79 Å². The van der Waals surface area contributed by atoms with Gasteiger partial charge in [0.15, 0.2) is 0 Å². The highest BCUT2D eigenvalue weighted by Crippen LogP contribution is 2.24. The molecule has 0 aliphatic carbocycles. The summed E-state index contributed by atoms with van der Waals surface area (Å²) in [6, 6.07) is 8.64. The molecule has 3 atom stereocenters. The largest absolute Gasteiger partial charge is 0.322 e. The van der Waals surface area contributed by atoms with Gasteiger partial charge < -0.3 is 15.5 Å². The molecule has 21 heavy (non-hydrogen) atoms. The Morgan fingerprint density at radius 1 is 1.38 bits per heavy atom. The Labute approximate surface area is 127 Å². The third-order valence-electron chi connectivity index (χ3n) is 4.71. The smallest absolute Gasteiger partial charge is 0.322 e. The summed E-state index contributed by atoms with van der Waals surface area (Å²) in [6.07, 6.45) is 2.30. The van der Waals surface area contributed by atoms with Crippen molar-refractivity contribution in [1.82, 2.24) is 10.2 Å². The third-order valence-corrected chi connectivity index (χ3v) is 4.71. The number of hydrogen-bond donors (Lipinski definition) is 2. The molecule has 0 spiro atoms. The molecule has 0 bridgehead atoms. The van der Waals surface area contributed by atoms with Crippen LogP contribution in [-0.2, 0) is 0 Å². The first kappa shape index (κ1) is 15.8. The molecular formula is C17H27N3O. The molecule has 1 saturated heterocycles. The Morgan fingerprint density at radius 3 is 2.86 bits per heavy atom. The van der Waals surface area contributed by atoms with Crippen LogP contribution in [0.25, 0.3) is 0 Å². The number of rotatable bonds is 3. The van der Waals surface area contributed by atoms with Gasteiger partial charge >= 0.3 is 6.03 Å². The standard InChI is InChI=1S/C17H27N3O/c1-12-7-6-10-20(14(12)3)17(21)19-16-9-5-8-15(11-16)13(2)18-4/h5,8-9,11-14,18H,6-7,10H2,1-4H3,(H,19,21). The SMILES string of the molecule is CNC(C)c1cccc(NC(=O)N2CCCC(C)C2C)c1. The molecule has 1 aliphatic heterocycles. The van der Waals surface area contributed by atoms with Crippen molar-refractivity contribution >= 4 is 11.7 Å². The van der Waals surface area contributed by atoms with E-state index in [2.05, 4.69) is 37.5 Å². The van der Waals surface area contributed by atoms with Crippen molar-refractivity contribution in [3.8, 4) is 0 Å². The zero-order valence-electron chi connectivity index (χ0n) is 13.5. The Kier molecular flexibility index (Phi) is 5.23. The summed E-state index contributed by atoms with van der Waals surface area (Å²) in [5.74, 6) is 0.570. The number of urea groups is 1. The van der Waals surface area contributed by atoms with Crippen LogP contribution in [0, 0.1) is 5.92 Å². The van der Waals surface area contributed by atoms with Crippen molar-refractivity contribution in [2.75, 3.05) is 18.9 Å². The molecule has 1 fully saturated rings. The van der Waals surface area contributed by atoms with E-state index in [0.29, 0.717) is 12.0 Å². The summed E-state index contributed by atoms with van der Waals surface area (Å²) in [4.78, 5) is 14.4. The number of piperidine rings is 1. The van der Waals surface area contributed by atoms with Gasteiger partial charge in [-0.05, 0) is 57.4 Å². The van der Waals surface area contributed by atoms with Gasteiger partial charge in [-0.2, -0.15) is 0 Å². The fourth-order valence-electron chi connectivity index (χ4n) is 2.87. The van der Waals surface area contributed by atoms with E-state index in [0.717, 1.165) is 18.7 Å². The molecule has 0 aromatic heterocycles. The number of hydrogen-bond acceptors (Lipinski definition) is 2. The predicted molar refractivity (Wildman–Crippen MR) is 87.5 cm³/mol. The Morgan fingerprint density at radius 2 is 2.14 bits per heavy atom. The Balaban J connectivity index is 2.05. The molecule has 0 radical (unpaired) electrons. The minimum absolute atomic E-state index is 0.0170. The zero-order chi connectivity index (χ0) is 15.4. The molecule has 1 aliphatic rings. The average molecular weight is 289 g/mol. The number of nitrogens with zero attached hydrogens (tertiary/aromatic N) is 1. The lowest BCUT2D eigenvalue weighted by Gasteiger charge is -2.37. The topological polar surface area (TPSA) is 44.4 Å². The molecule has 4 heteroatoms. The number of amides is 2. The van der Waals surface area contributed by atoms with E-state index in [4.69, 9.17) is 0 Å². The second-order valence-electron chi connectivity index (χ2n) is 6.12. The molecule has 2 amide bonds. The van der Waals surface area contributed by atoms with Crippen LogP contribution < -0.4 is 10.6 Å². The molecule has 4 nitrogen and oxygen atoms in total.